The molecule has 1 aromatic rings. The molecular formula is C17H24N2O2S. The topological polar surface area (TPSA) is 50.4 Å². The standard InChI is InChI=1S/C17H24N2O2S/c1-22-13-7-5-12(6-8-13)11-18-17(20)19-15-3-2-4-16-14(15)9-10-21-16/h5-8,14-16H,2-4,9-11H2,1H3,(H2,18,19,20)/t14-,15+,16+/m0/s1. The van der Waals surface area contributed by atoms with Crippen LogP contribution in [0.15, 0.2) is 29.2 Å². The van der Waals surface area contributed by atoms with Gasteiger partial charge in [0.1, 0.15) is 0 Å². The van der Waals surface area contributed by atoms with Crippen LogP contribution < -0.4 is 10.6 Å². The average Bonchev–Trinajstić information content (AvgIpc) is 3.03. The molecule has 3 rings (SSSR count). The van der Waals surface area contributed by atoms with Crippen molar-refractivity contribution in [3.63, 3.8) is 0 Å². The van der Waals surface area contributed by atoms with Gasteiger partial charge in [-0.3, -0.25) is 0 Å². The summed E-state index contributed by atoms with van der Waals surface area (Å²) in [5, 5.41) is 6.11. The molecule has 0 radical (unpaired) electrons. The van der Waals surface area contributed by atoms with Gasteiger partial charge in [0.25, 0.3) is 0 Å². The number of carbonyl (C=O) groups excluding carboxylic acids is 1. The average molecular weight is 320 g/mol. The third-order valence-electron chi connectivity index (χ3n) is 4.71. The fraction of sp³-hybridized carbons (Fsp3) is 0.588. The molecule has 0 bridgehead atoms. The second kappa shape index (κ2) is 7.38. The van der Waals surface area contributed by atoms with E-state index in [0.717, 1.165) is 37.9 Å². The molecule has 120 valence electrons. The van der Waals surface area contributed by atoms with Crippen molar-refractivity contribution < 1.29 is 9.53 Å². The number of ether oxygens (including phenoxy) is 1. The first kappa shape index (κ1) is 15.7. The summed E-state index contributed by atoms with van der Waals surface area (Å²) in [6, 6.07) is 8.50. The highest BCUT2D eigenvalue weighted by atomic mass is 32.2. The lowest BCUT2D eigenvalue weighted by Gasteiger charge is -2.33. The summed E-state index contributed by atoms with van der Waals surface area (Å²) in [7, 11) is 0. The van der Waals surface area contributed by atoms with Crippen LogP contribution in [0.3, 0.4) is 0 Å². The molecule has 1 heterocycles. The molecule has 0 unspecified atom stereocenters. The molecule has 4 nitrogen and oxygen atoms in total. The summed E-state index contributed by atoms with van der Waals surface area (Å²) in [6.07, 6.45) is 6.85. The van der Waals surface area contributed by atoms with Crippen molar-refractivity contribution in [3.05, 3.63) is 29.8 Å². The summed E-state index contributed by atoms with van der Waals surface area (Å²) in [5.41, 5.74) is 1.12. The highest BCUT2D eigenvalue weighted by molar-refractivity contribution is 7.98. The molecule has 2 amide bonds. The summed E-state index contributed by atoms with van der Waals surface area (Å²) >= 11 is 1.72. The molecule has 0 aromatic heterocycles. The van der Waals surface area contributed by atoms with Crippen molar-refractivity contribution in [3.8, 4) is 0 Å². The molecule has 2 aliphatic rings. The monoisotopic (exact) mass is 320 g/mol. The Morgan fingerprint density at radius 1 is 1.27 bits per heavy atom. The van der Waals surface area contributed by atoms with Gasteiger partial charge in [-0.05, 0) is 49.6 Å². The van der Waals surface area contributed by atoms with Crippen LogP contribution in [0.4, 0.5) is 4.79 Å². The van der Waals surface area contributed by atoms with Gasteiger partial charge in [0, 0.05) is 30.0 Å². The molecule has 1 aliphatic heterocycles. The van der Waals surface area contributed by atoms with Gasteiger partial charge in [-0.1, -0.05) is 12.1 Å². The summed E-state index contributed by atoms with van der Waals surface area (Å²) < 4.78 is 5.75. The number of hydrogen-bond donors (Lipinski definition) is 2. The van der Waals surface area contributed by atoms with E-state index >= 15 is 0 Å². The Bertz CT molecular complexity index is 506. The fourth-order valence-electron chi connectivity index (χ4n) is 3.50. The Morgan fingerprint density at radius 3 is 2.86 bits per heavy atom. The molecule has 3 atom stereocenters. The van der Waals surface area contributed by atoms with E-state index in [1.54, 1.807) is 11.8 Å². The van der Waals surface area contributed by atoms with Crippen LogP contribution in [0.2, 0.25) is 0 Å². The van der Waals surface area contributed by atoms with Gasteiger partial charge >= 0.3 is 6.03 Å². The molecule has 1 saturated carbocycles. The molecule has 1 saturated heterocycles. The first-order chi connectivity index (χ1) is 10.8. The molecule has 2 N–H and O–H groups in total. The maximum absolute atomic E-state index is 12.1. The zero-order valence-corrected chi connectivity index (χ0v) is 13.8. The van der Waals surface area contributed by atoms with E-state index in [-0.39, 0.29) is 12.1 Å². The van der Waals surface area contributed by atoms with Crippen LogP contribution in [0, 0.1) is 5.92 Å². The first-order valence-electron chi connectivity index (χ1n) is 8.05. The highest BCUT2D eigenvalue weighted by Gasteiger charge is 2.38. The lowest BCUT2D eigenvalue weighted by molar-refractivity contribution is 0.0549. The van der Waals surface area contributed by atoms with Crippen molar-refractivity contribution in [2.45, 2.75) is 49.3 Å². The Kier molecular flexibility index (Phi) is 5.26. The second-order valence-corrected chi connectivity index (χ2v) is 6.95. The van der Waals surface area contributed by atoms with Crippen molar-refractivity contribution >= 4 is 17.8 Å². The molecule has 1 aromatic carbocycles. The van der Waals surface area contributed by atoms with Gasteiger partial charge in [0.2, 0.25) is 0 Å². The molecule has 1 aliphatic carbocycles. The SMILES string of the molecule is CSc1ccc(CNC(=O)N[C@@H]2CCC[C@H]3OCC[C@@H]23)cc1. The predicted octanol–water partition coefficient (Wildman–Crippen LogP) is 3.17. The predicted molar refractivity (Wildman–Crippen MR) is 89.1 cm³/mol. The number of thioether (sulfide) groups is 1. The molecule has 0 spiro atoms. The number of rotatable bonds is 4. The van der Waals surface area contributed by atoms with Crippen LogP contribution in [0.5, 0.6) is 0 Å². The van der Waals surface area contributed by atoms with Gasteiger partial charge in [0.15, 0.2) is 0 Å². The lowest BCUT2D eigenvalue weighted by Crippen LogP contribution is -2.49. The smallest absolute Gasteiger partial charge is 0.315 e. The van der Waals surface area contributed by atoms with E-state index in [4.69, 9.17) is 4.74 Å². The first-order valence-corrected chi connectivity index (χ1v) is 9.27. The van der Waals surface area contributed by atoms with Crippen molar-refractivity contribution in [1.29, 1.82) is 0 Å². The summed E-state index contributed by atoms with van der Waals surface area (Å²) in [4.78, 5) is 13.4. The summed E-state index contributed by atoms with van der Waals surface area (Å²) in [6.45, 7) is 1.41. The van der Waals surface area contributed by atoms with Gasteiger partial charge < -0.3 is 15.4 Å². The van der Waals surface area contributed by atoms with Crippen LogP contribution in [0.25, 0.3) is 0 Å². The maximum Gasteiger partial charge on any atom is 0.315 e. The van der Waals surface area contributed by atoms with E-state index in [1.807, 2.05) is 0 Å². The largest absolute Gasteiger partial charge is 0.378 e. The van der Waals surface area contributed by atoms with Gasteiger partial charge in [0.05, 0.1) is 6.10 Å². The third-order valence-corrected chi connectivity index (χ3v) is 5.45. The fourth-order valence-corrected chi connectivity index (χ4v) is 3.91. The number of nitrogens with one attached hydrogen (secondary N) is 2. The molecule has 2 fully saturated rings. The van der Waals surface area contributed by atoms with Gasteiger partial charge in [-0.15, -0.1) is 11.8 Å². The lowest BCUT2D eigenvalue weighted by atomic mass is 9.82. The Hall–Kier alpha value is -1.20. The van der Waals surface area contributed by atoms with E-state index < -0.39 is 0 Å². The van der Waals surface area contributed by atoms with Gasteiger partial charge in [-0.25, -0.2) is 4.79 Å². The number of benzene rings is 1. The van der Waals surface area contributed by atoms with E-state index in [2.05, 4.69) is 41.2 Å². The number of amides is 2. The van der Waals surface area contributed by atoms with Crippen LogP contribution in [-0.2, 0) is 11.3 Å². The zero-order chi connectivity index (χ0) is 15.4. The van der Waals surface area contributed by atoms with E-state index in [9.17, 15) is 4.79 Å². The third kappa shape index (κ3) is 3.76. The quantitative estimate of drug-likeness (QED) is 0.838. The highest BCUT2D eigenvalue weighted by Crippen LogP contribution is 2.34. The van der Waals surface area contributed by atoms with E-state index in [1.165, 1.54) is 4.90 Å². The van der Waals surface area contributed by atoms with E-state index in [0.29, 0.717) is 18.6 Å². The van der Waals surface area contributed by atoms with Gasteiger partial charge in [-0.2, -0.15) is 0 Å². The summed E-state index contributed by atoms with van der Waals surface area (Å²) in [5.74, 6) is 0.500. The molecule has 5 heteroatoms. The Balaban J connectivity index is 1.47. The van der Waals surface area contributed by atoms with Crippen LogP contribution >= 0.6 is 11.8 Å². The molecular weight excluding hydrogens is 296 g/mol. The Labute approximate surface area is 136 Å². The van der Waals surface area contributed by atoms with Crippen LogP contribution in [0.1, 0.15) is 31.2 Å². The minimum atomic E-state index is -0.0634. The number of hydrogen-bond acceptors (Lipinski definition) is 3. The number of carbonyl (C=O) groups is 1. The van der Waals surface area contributed by atoms with Crippen molar-refractivity contribution in [1.82, 2.24) is 10.6 Å². The maximum atomic E-state index is 12.1. The number of urea groups is 1. The second-order valence-electron chi connectivity index (χ2n) is 6.07. The van der Waals surface area contributed by atoms with Crippen molar-refractivity contribution in [2.24, 2.45) is 5.92 Å². The zero-order valence-electron chi connectivity index (χ0n) is 13.0. The Morgan fingerprint density at radius 2 is 2.09 bits per heavy atom. The minimum Gasteiger partial charge on any atom is -0.378 e. The molecule has 22 heavy (non-hydrogen) atoms. The number of fused-ring (bicyclic) bond motifs is 1. The van der Waals surface area contributed by atoms with Crippen molar-refractivity contribution in [2.75, 3.05) is 12.9 Å². The van der Waals surface area contributed by atoms with Crippen LogP contribution in [-0.4, -0.2) is 31.0 Å². The minimum absolute atomic E-state index is 0.0634. The normalized spacial score (nSPS) is 27.2.